The van der Waals surface area contributed by atoms with Gasteiger partial charge in [-0.15, -0.1) is 49.2 Å². The van der Waals surface area contributed by atoms with Gasteiger partial charge in [0, 0.05) is 83.7 Å². The van der Waals surface area contributed by atoms with E-state index in [1.807, 2.05) is 41.5 Å². The molecule has 2 aliphatic heterocycles. The van der Waals surface area contributed by atoms with Crippen molar-refractivity contribution < 1.29 is 106 Å². The van der Waals surface area contributed by atoms with E-state index in [0.29, 0.717) is 64.1 Å². The number of hydrogen-bond donors (Lipinski definition) is 6. The summed E-state index contributed by atoms with van der Waals surface area (Å²) in [4.78, 5) is 95.8. The second-order valence-corrected chi connectivity index (χ2v) is 49.5. The maximum absolute atomic E-state index is 13.9. The number of aliphatic hydroxyl groups is 2. The molecule has 29 nitrogen and oxygen atoms in total. The van der Waals surface area contributed by atoms with Crippen molar-refractivity contribution in [2.45, 2.75) is 78.0 Å². The summed E-state index contributed by atoms with van der Waals surface area (Å²) in [7, 11) is -22.0. The van der Waals surface area contributed by atoms with Gasteiger partial charge in [-0.1, -0.05) is 218 Å². The second kappa shape index (κ2) is 48.0. The second-order valence-electron chi connectivity index (χ2n) is 25.1. The normalized spacial score (nSPS) is 12.2. The first-order valence-electron chi connectivity index (χ1n) is 36.1. The van der Waals surface area contributed by atoms with Crippen molar-refractivity contribution in [3.8, 4) is 0 Å². The predicted molar refractivity (Wildman–Crippen MR) is 493 cm³/mol. The first kappa shape index (κ1) is 105. The summed E-state index contributed by atoms with van der Waals surface area (Å²) >= 11 is 5.30. The van der Waals surface area contributed by atoms with Crippen molar-refractivity contribution in [3.63, 3.8) is 0 Å². The number of nitrogens with zero attached hydrogens (tertiary/aromatic N) is 2. The topological polar surface area (TPSA) is 489 Å². The zero-order valence-electron chi connectivity index (χ0n) is 66.4. The van der Waals surface area contributed by atoms with E-state index in [-0.39, 0.29) is 152 Å². The molecule has 1 atom stereocenters. The maximum atomic E-state index is 13.9. The van der Waals surface area contributed by atoms with Crippen molar-refractivity contribution in [2.75, 3.05) is 34.7 Å². The van der Waals surface area contributed by atoms with Crippen LogP contribution >= 0.6 is 61.2 Å². The van der Waals surface area contributed by atoms with Gasteiger partial charge in [0.1, 0.15) is 46.8 Å². The number of halogens is 4. The van der Waals surface area contributed by atoms with E-state index in [4.69, 9.17) is 25.3 Å². The van der Waals surface area contributed by atoms with Gasteiger partial charge in [-0.2, -0.15) is 16.8 Å². The molecule has 0 bridgehead atoms. The van der Waals surface area contributed by atoms with Gasteiger partial charge in [0.25, 0.3) is 31.4 Å². The summed E-state index contributed by atoms with van der Waals surface area (Å²) in [5.41, 5.74) is -0.546. The van der Waals surface area contributed by atoms with Crippen LogP contribution in [0.1, 0.15) is 100 Å². The van der Waals surface area contributed by atoms with Crippen LogP contribution in [-0.4, -0.2) is 130 Å². The Hall–Kier alpha value is -9.43. The van der Waals surface area contributed by atoms with Crippen LogP contribution in [-0.2, 0) is 65.9 Å². The van der Waals surface area contributed by atoms with Crippen molar-refractivity contribution in [1.82, 2.24) is 9.97 Å². The molecule has 0 saturated carbocycles. The number of rotatable bonds is 15. The van der Waals surface area contributed by atoms with Crippen LogP contribution in [0.4, 0.5) is 22.7 Å². The molecule has 0 spiro atoms. The number of anilines is 4. The molecule has 9 aromatic rings. The molecular formula is C83H81I4N4O25S6-. The number of para-hydroxylation sites is 2. The smallest absolute Gasteiger partial charge is 0.425 e. The van der Waals surface area contributed by atoms with Gasteiger partial charge in [-0.25, -0.2) is 26.8 Å². The van der Waals surface area contributed by atoms with Gasteiger partial charge < -0.3 is 20.8 Å². The quantitative estimate of drug-likeness (QED) is 0.0316. The van der Waals surface area contributed by atoms with E-state index in [9.17, 15) is 86.6 Å². The van der Waals surface area contributed by atoms with Crippen molar-refractivity contribution >= 4 is 217 Å². The number of hydrogen-bond acceptors (Lipinski definition) is 27. The van der Waals surface area contributed by atoms with Gasteiger partial charge in [0.2, 0.25) is 0 Å². The number of nitrogens with one attached hydrogen (secondary N) is 2. The molecule has 3 aliphatic carbocycles. The Bertz CT molecular complexity index is 6830. The van der Waals surface area contributed by atoms with Gasteiger partial charge in [-0.05, 0) is 66.9 Å². The minimum atomic E-state index is -4.88. The summed E-state index contributed by atoms with van der Waals surface area (Å²) in [6.07, 6.45) is 2.79. The van der Waals surface area contributed by atoms with Crippen molar-refractivity contribution in [1.29, 1.82) is 0 Å². The first-order valence-corrected chi connectivity index (χ1v) is 57.7. The van der Waals surface area contributed by atoms with Gasteiger partial charge in [-0.3, -0.25) is 42.7 Å². The Morgan fingerprint density at radius 3 is 1.02 bits per heavy atom. The molecule has 6 N–H and O–H groups in total. The number of Topliss-reactive ketones (excluding diaryl/α,β-unsaturated/α-hetero) is 3. The summed E-state index contributed by atoms with van der Waals surface area (Å²) in [6, 6.07) is 56.2. The Morgan fingerprint density at radius 1 is 0.459 bits per heavy atom. The molecule has 39 heteroatoms. The Labute approximate surface area is 750 Å². The molecule has 2 heterocycles. The zero-order chi connectivity index (χ0) is 90.8. The van der Waals surface area contributed by atoms with Crippen LogP contribution < -0.4 is 56.3 Å². The fourth-order valence-electron chi connectivity index (χ4n) is 12.3. The molecule has 5 aliphatic rings. The summed E-state index contributed by atoms with van der Waals surface area (Å²) < 4.78 is 164. The predicted octanol–water partition coefficient (Wildman–Crippen LogP) is 9.62. The first-order chi connectivity index (χ1) is 57.1. The number of carbonyl (C=O) groups is 3. The van der Waals surface area contributed by atoms with E-state index >= 15 is 0 Å². The van der Waals surface area contributed by atoms with Gasteiger partial charge in [0.15, 0.2) is 22.4 Å². The standard InChI is InChI=1S/2C29H18N2O6S.C12H12O4S.C7H14O3S.3C2H6.I3.HI.2O3S/c2*32-27(16-9-3-1-4-10-16)25-22-18-13-7-8-14-19(18)28(33)23-20(30-17-11-5-2-6-12-17)15-21(38(35,36)37)26(24(22)23)31-29(25)34;1-17(15,16)7-6-10-11(13)8-4-2-3-5-9(8)12(10)14;1-6(7(2)8)4-5-11(3,9)10;3*1-2;1-3-2;;2*1-4(2)3/h2*1-15,30,32H,(H,35,36,37);2-5,10H,6-7H2,1H3;6H,4-5H2,1-3H3;3*1-2H3;;1H;;/q;;;;;;;-1;;;. The number of carbonyl (C=O) groups excluding carboxylic acids is 3. The summed E-state index contributed by atoms with van der Waals surface area (Å²) in [5, 5.41) is 30.1. The monoisotopic (exact) mass is 2230 g/mol. The van der Waals surface area contributed by atoms with E-state index in [1.54, 1.807) is 201 Å². The SMILES string of the molecule is CC.CC.CC.CC(=O)C(C)CCS(C)(=O)=O.CS(=O)(=O)CCC1C(=O)c2ccccc2C1=O.I.I[I-]I.O=S(=O)=O.O=S(=O)=O.O=c1nc2c(S(=O)(=O)O)cc(Nc3ccccc3)c3c2=c(c1=C(O)c1ccccc1)c1ccccc1c3=O.O=c1nc2c(S(=O)(=O)O)cc(Nc3ccccc3)c3c2=c(c1=C(O)c1ccccc1)c1ccccc1c3=O. The van der Waals surface area contributed by atoms with E-state index in [0.717, 1.165) is 18.4 Å². The molecule has 648 valence electrons. The van der Waals surface area contributed by atoms with E-state index in [2.05, 4.69) is 57.8 Å². The molecule has 9 aromatic carbocycles. The third-order valence-corrected chi connectivity index (χ3v) is 21.1. The van der Waals surface area contributed by atoms with Gasteiger partial charge >= 0.3 is 71.7 Å². The maximum Gasteiger partial charge on any atom is 0.425 e. The van der Waals surface area contributed by atoms with Crippen LogP contribution in [0, 0.1) is 32.7 Å². The molecule has 14 rings (SSSR count). The molecule has 122 heavy (non-hydrogen) atoms. The number of sulfone groups is 2. The van der Waals surface area contributed by atoms with Crippen LogP contribution in [0.5, 0.6) is 0 Å². The van der Waals surface area contributed by atoms with Crippen molar-refractivity contribution in [2.24, 2.45) is 11.8 Å². The largest absolute Gasteiger partial charge is 0.506 e. The van der Waals surface area contributed by atoms with Crippen LogP contribution in [0.25, 0.3) is 54.9 Å². The summed E-state index contributed by atoms with van der Waals surface area (Å²) in [6.45, 7) is 15.2. The van der Waals surface area contributed by atoms with Crippen LogP contribution in [0.3, 0.4) is 0 Å². The fourth-order valence-corrected chi connectivity index (χ4v) is 15.1. The molecule has 0 fully saturated rings. The summed E-state index contributed by atoms with van der Waals surface area (Å²) in [5.74, 6) is -2.18. The molecule has 0 saturated heterocycles. The third-order valence-electron chi connectivity index (χ3n) is 17.4. The molecule has 0 aromatic heterocycles. The van der Waals surface area contributed by atoms with Crippen LogP contribution in [0.2, 0.25) is 0 Å². The number of ketones is 3. The molecule has 0 amide bonds. The number of fused-ring (bicyclic) bond motifs is 5. The number of aliphatic hydroxyl groups excluding tert-OH is 2. The average Bonchev–Trinajstić information content (AvgIpc) is 0.786. The fraction of sp³-hybridized carbons (Fsp3) is 0.193. The van der Waals surface area contributed by atoms with E-state index in [1.165, 1.54) is 13.2 Å². The molecule has 0 radical (unpaired) electrons. The number of benzene rings is 9. The van der Waals surface area contributed by atoms with Crippen LogP contribution in [0.15, 0.2) is 235 Å². The Morgan fingerprint density at radius 2 is 0.738 bits per heavy atom. The zero-order valence-corrected chi connectivity index (χ0v) is 80.1. The molecular weight excluding hydrogens is 2150 g/mol. The minimum absolute atomic E-state index is 0. The van der Waals surface area contributed by atoms with E-state index < -0.39 is 98.8 Å². The minimum Gasteiger partial charge on any atom is -0.506 e. The molecule has 1 unspecified atom stereocenters. The third kappa shape index (κ3) is 27.5. The Kier molecular flexibility index (Phi) is 41.3. The van der Waals surface area contributed by atoms with Gasteiger partial charge in [0.05, 0.1) is 61.0 Å². The van der Waals surface area contributed by atoms with Crippen molar-refractivity contribution in [3.05, 3.63) is 301 Å². The average molecular weight is 2230 g/mol. The Balaban J connectivity index is 0.000000344. The number of aromatic nitrogens is 2.